The van der Waals surface area contributed by atoms with Gasteiger partial charge >= 0.3 is 5.97 Å². The first-order valence-electron chi connectivity index (χ1n) is 5.14. The van der Waals surface area contributed by atoms with Crippen LogP contribution in [-0.4, -0.2) is 19.4 Å². The van der Waals surface area contributed by atoms with Crippen molar-refractivity contribution in [2.75, 3.05) is 13.4 Å². The smallest absolute Gasteiger partial charge is 0.330 e. The van der Waals surface area contributed by atoms with Gasteiger partial charge < -0.3 is 14.2 Å². The normalized spacial score (nSPS) is 13.1. The van der Waals surface area contributed by atoms with Gasteiger partial charge in [0, 0.05) is 6.08 Å². The van der Waals surface area contributed by atoms with Gasteiger partial charge in [-0.1, -0.05) is 11.6 Å². The van der Waals surface area contributed by atoms with Crippen LogP contribution in [0.25, 0.3) is 6.08 Å². The molecule has 4 nitrogen and oxygen atoms in total. The molecule has 1 heterocycles. The number of halogens is 1. The molecule has 17 heavy (non-hydrogen) atoms. The Morgan fingerprint density at radius 3 is 3.12 bits per heavy atom. The van der Waals surface area contributed by atoms with Crippen LogP contribution in [0.4, 0.5) is 0 Å². The van der Waals surface area contributed by atoms with Crippen molar-refractivity contribution in [1.82, 2.24) is 0 Å². The number of rotatable bonds is 3. The van der Waals surface area contributed by atoms with Crippen LogP contribution in [0.1, 0.15) is 12.5 Å². The first kappa shape index (κ1) is 11.8. The molecule has 0 N–H and O–H groups in total. The molecule has 0 bridgehead atoms. The van der Waals surface area contributed by atoms with Gasteiger partial charge in [0.25, 0.3) is 0 Å². The summed E-state index contributed by atoms with van der Waals surface area (Å²) in [4.78, 5) is 11.1. The molecular weight excluding hydrogens is 244 g/mol. The number of hydrogen-bond acceptors (Lipinski definition) is 4. The maximum atomic E-state index is 11.1. The maximum absolute atomic E-state index is 11.1. The van der Waals surface area contributed by atoms with E-state index in [2.05, 4.69) is 0 Å². The molecule has 1 aromatic carbocycles. The Labute approximate surface area is 104 Å². The van der Waals surface area contributed by atoms with E-state index in [4.69, 9.17) is 25.8 Å². The Bertz CT molecular complexity index is 468. The van der Waals surface area contributed by atoms with Gasteiger partial charge in [0.15, 0.2) is 11.5 Å². The third-order valence-electron chi connectivity index (χ3n) is 2.15. The number of hydrogen-bond donors (Lipinski definition) is 0. The van der Waals surface area contributed by atoms with E-state index in [-0.39, 0.29) is 12.8 Å². The van der Waals surface area contributed by atoms with Crippen LogP contribution in [0.5, 0.6) is 11.5 Å². The van der Waals surface area contributed by atoms with Gasteiger partial charge in [-0.3, -0.25) is 0 Å². The van der Waals surface area contributed by atoms with E-state index in [1.807, 2.05) is 0 Å². The van der Waals surface area contributed by atoms with Crippen LogP contribution < -0.4 is 9.47 Å². The van der Waals surface area contributed by atoms with E-state index < -0.39 is 0 Å². The number of benzene rings is 1. The lowest BCUT2D eigenvalue weighted by atomic mass is 10.2. The third-order valence-corrected chi connectivity index (χ3v) is 2.43. The zero-order valence-electron chi connectivity index (χ0n) is 9.23. The van der Waals surface area contributed by atoms with Gasteiger partial charge in [-0.15, -0.1) is 0 Å². The summed E-state index contributed by atoms with van der Waals surface area (Å²) in [5.74, 6) is 0.738. The minimum atomic E-state index is -0.388. The first-order valence-corrected chi connectivity index (χ1v) is 5.52. The lowest BCUT2D eigenvalue weighted by Gasteiger charge is -2.01. The summed E-state index contributed by atoms with van der Waals surface area (Å²) in [6.45, 7) is 2.27. The van der Waals surface area contributed by atoms with E-state index in [9.17, 15) is 4.79 Å². The lowest BCUT2D eigenvalue weighted by molar-refractivity contribution is -0.137. The second kappa shape index (κ2) is 5.10. The summed E-state index contributed by atoms with van der Waals surface area (Å²) >= 11 is 6.00. The predicted octanol–water partition coefficient (Wildman–Crippen LogP) is 2.65. The molecule has 0 aliphatic carbocycles. The molecule has 1 aliphatic heterocycles. The molecule has 0 fully saturated rings. The zero-order chi connectivity index (χ0) is 12.3. The van der Waals surface area contributed by atoms with Crippen molar-refractivity contribution < 1.29 is 19.0 Å². The van der Waals surface area contributed by atoms with Crippen molar-refractivity contribution in [3.63, 3.8) is 0 Å². The molecule has 0 aromatic heterocycles. The largest absolute Gasteiger partial charge is 0.463 e. The molecule has 90 valence electrons. The highest BCUT2D eigenvalue weighted by atomic mass is 35.5. The molecule has 0 saturated carbocycles. The minimum Gasteiger partial charge on any atom is -0.463 e. The highest BCUT2D eigenvalue weighted by Crippen LogP contribution is 2.39. The second-order valence-electron chi connectivity index (χ2n) is 3.32. The fraction of sp³-hybridized carbons (Fsp3) is 0.250. The molecule has 5 heteroatoms. The van der Waals surface area contributed by atoms with Crippen molar-refractivity contribution in [3.05, 3.63) is 28.8 Å². The number of ether oxygens (including phenoxy) is 3. The summed E-state index contributed by atoms with van der Waals surface area (Å²) in [7, 11) is 0. The van der Waals surface area contributed by atoms with Crippen molar-refractivity contribution >= 4 is 23.6 Å². The van der Waals surface area contributed by atoms with E-state index in [1.54, 1.807) is 25.1 Å². The molecule has 0 atom stereocenters. The Morgan fingerprint density at radius 1 is 1.53 bits per heavy atom. The monoisotopic (exact) mass is 254 g/mol. The van der Waals surface area contributed by atoms with Gasteiger partial charge in [-0.05, 0) is 30.7 Å². The first-order chi connectivity index (χ1) is 8.20. The average Bonchev–Trinajstić information content (AvgIpc) is 2.75. The Hall–Kier alpha value is -1.68. The van der Waals surface area contributed by atoms with Crippen molar-refractivity contribution in [3.8, 4) is 11.5 Å². The van der Waals surface area contributed by atoms with Crippen LogP contribution in [-0.2, 0) is 9.53 Å². The lowest BCUT2D eigenvalue weighted by Crippen LogP contribution is -1.98. The van der Waals surface area contributed by atoms with Crippen molar-refractivity contribution in [2.24, 2.45) is 0 Å². The highest BCUT2D eigenvalue weighted by molar-refractivity contribution is 6.32. The molecule has 0 radical (unpaired) electrons. The van der Waals surface area contributed by atoms with Crippen LogP contribution in [0, 0.1) is 0 Å². The van der Waals surface area contributed by atoms with Gasteiger partial charge in [0.1, 0.15) is 0 Å². The van der Waals surface area contributed by atoms with Crippen LogP contribution in [0.3, 0.4) is 0 Å². The molecule has 1 aromatic rings. The van der Waals surface area contributed by atoms with E-state index in [0.29, 0.717) is 23.1 Å². The fourth-order valence-electron chi connectivity index (χ4n) is 1.44. The molecule has 1 aliphatic rings. The van der Waals surface area contributed by atoms with Gasteiger partial charge in [0.2, 0.25) is 6.79 Å². The molecule has 0 amide bonds. The minimum absolute atomic E-state index is 0.167. The Kier molecular flexibility index (Phi) is 3.54. The van der Waals surface area contributed by atoms with Gasteiger partial charge in [0.05, 0.1) is 11.6 Å². The quantitative estimate of drug-likeness (QED) is 0.614. The third kappa shape index (κ3) is 2.71. The van der Waals surface area contributed by atoms with Crippen molar-refractivity contribution in [1.29, 1.82) is 0 Å². The number of fused-ring (bicyclic) bond motifs is 1. The van der Waals surface area contributed by atoms with Gasteiger partial charge in [-0.25, -0.2) is 4.79 Å². The van der Waals surface area contributed by atoms with E-state index in [0.717, 1.165) is 5.56 Å². The topological polar surface area (TPSA) is 44.8 Å². The van der Waals surface area contributed by atoms with E-state index >= 15 is 0 Å². The van der Waals surface area contributed by atoms with Crippen LogP contribution >= 0.6 is 11.6 Å². The van der Waals surface area contributed by atoms with Gasteiger partial charge in [-0.2, -0.15) is 0 Å². The summed E-state index contributed by atoms with van der Waals surface area (Å²) in [6.07, 6.45) is 2.96. The maximum Gasteiger partial charge on any atom is 0.330 e. The summed E-state index contributed by atoms with van der Waals surface area (Å²) < 4.78 is 15.2. The zero-order valence-corrected chi connectivity index (χ0v) is 9.99. The number of carbonyl (C=O) groups is 1. The molecule has 0 unspecified atom stereocenters. The molecule has 0 saturated heterocycles. The summed E-state index contributed by atoms with van der Waals surface area (Å²) in [5, 5.41) is 0.462. The molecular formula is C12H11ClO4. The highest BCUT2D eigenvalue weighted by Gasteiger charge is 2.17. The Balaban J connectivity index is 2.17. The fourth-order valence-corrected chi connectivity index (χ4v) is 1.71. The number of esters is 1. The van der Waals surface area contributed by atoms with Crippen LogP contribution in [0.2, 0.25) is 5.02 Å². The van der Waals surface area contributed by atoms with E-state index in [1.165, 1.54) is 6.08 Å². The average molecular weight is 255 g/mol. The SMILES string of the molecule is CCOC(=O)/C=C/c1cc(Cl)c2c(c1)OCO2. The summed E-state index contributed by atoms with van der Waals surface area (Å²) in [5.41, 5.74) is 0.757. The number of carbonyl (C=O) groups excluding carboxylic acids is 1. The Morgan fingerprint density at radius 2 is 2.35 bits per heavy atom. The standard InChI is InChI=1S/C12H11ClO4/c1-2-15-11(14)4-3-8-5-9(13)12-10(6-8)16-7-17-12/h3-6H,2,7H2,1H3/b4-3+. The van der Waals surface area contributed by atoms with Crippen LogP contribution in [0.15, 0.2) is 18.2 Å². The summed E-state index contributed by atoms with van der Waals surface area (Å²) in [6, 6.07) is 3.45. The predicted molar refractivity (Wildman–Crippen MR) is 63.2 cm³/mol. The van der Waals surface area contributed by atoms with Crippen molar-refractivity contribution in [2.45, 2.75) is 6.92 Å². The molecule has 0 spiro atoms. The molecule has 2 rings (SSSR count). The second-order valence-corrected chi connectivity index (χ2v) is 3.73.